The van der Waals surface area contributed by atoms with Gasteiger partial charge in [0.15, 0.2) is 0 Å². The summed E-state index contributed by atoms with van der Waals surface area (Å²) in [5.74, 6) is -1.58. The van der Waals surface area contributed by atoms with Gasteiger partial charge in [-0.2, -0.15) is 16.8 Å². The van der Waals surface area contributed by atoms with E-state index in [0.29, 0.717) is 12.2 Å². The van der Waals surface area contributed by atoms with Gasteiger partial charge in [0.25, 0.3) is 11.8 Å². The van der Waals surface area contributed by atoms with E-state index in [9.17, 15) is 24.4 Å². The van der Waals surface area contributed by atoms with E-state index in [0.717, 1.165) is 12.8 Å². The highest BCUT2D eigenvalue weighted by molar-refractivity contribution is 8.00. The largest absolute Gasteiger partial charge is 0.481 e. The molecule has 3 fully saturated rings. The SMILES string of the molecule is O=C(O)CCCC[C@H]1SC[C@H]2NC(=O)N(C3CC(=O)N(O)C3=O)[C@H]21. The summed E-state index contributed by atoms with van der Waals surface area (Å²) in [5, 5.41) is 21.1. The Balaban J connectivity index is 1.68. The lowest BCUT2D eigenvalue weighted by Crippen LogP contribution is -2.50. The number of amides is 4. The quantitative estimate of drug-likeness (QED) is 0.265. The molecule has 3 aliphatic heterocycles. The maximum Gasteiger partial charge on any atom is 0.318 e. The predicted molar refractivity (Wildman–Crippen MR) is 82.3 cm³/mol. The van der Waals surface area contributed by atoms with E-state index >= 15 is 0 Å². The first-order valence-electron chi connectivity index (χ1n) is 7.88. The maximum absolute atomic E-state index is 12.3. The Hall–Kier alpha value is -1.81. The van der Waals surface area contributed by atoms with Crippen LogP contribution in [0.25, 0.3) is 0 Å². The summed E-state index contributed by atoms with van der Waals surface area (Å²) < 4.78 is 0. The molecule has 0 saturated carbocycles. The number of unbranched alkanes of at least 4 members (excludes halogenated alkanes) is 1. The van der Waals surface area contributed by atoms with Gasteiger partial charge in [-0.05, 0) is 12.8 Å². The Morgan fingerprint density at radius 2 is 2.04 bits per heavy atom. The molecule has 3 heterocycles. The van der Waals surface area contributed by atoms with Crippen LogP contribution in [-0.2, 0) is 14.4 Å². The van der Waals surface area contributed by atoms with Crippen molar-refractivity contribution in [1.29, 1.82) is 0 Å². The van der Waals surface area contributed by atoms with Crippen LogP contribution in [-0.4, -0.2) is 73.2 Å². The first-order chi connectivity index (χ1) is 11.4. The van der Waals surface area contributed by atoms with E-state index in [1.54, 1.807) is 11.8 Å². The number of carboxylic acids is 1. The molecular formula is C14H19N3O6S. The van der Waals surface area contributed by atoms with Gasteiger partial charge >= 0.3 is 12.0 Å². The highest BCUT2D eigenvalue weighted by Gasteiger charge is 2.55. The van der Waals surface area contributed by atoms with Crippen molar-refractivity contribution in [2.75, 3.05) is 5.75 Å². The van der Waals surface area contributed by atoms with Gasteiger partial charge in [0, 0.05) is 17.4 Å². The molecule has 3 N–H and O–H groups in total. The van der Waals surface area contributed by atoms with Crippen molar-refractivity contribution in [2.24, 2.45) is 0 Å². The molecule has 0 radical (unpaired) electrons. The third-order valence-electron chi connectivity index (χ3n) is 4.71. The highest BCUT2D eigenvalue weighted by atomic mass is 32.2. The van der Waals surface area contributed by atoms with E-state index in [-0.39, 0.29) is 41.3 Å². The zero-order chi connectivity index (χ0) is 17.4. The molecule has 0 aromatic rings. The zero-order valence-corrected chi connectivity index (χ0v) is 13.7. The molecule has 3 saturated heterocycles. The van der Waals surface area contributed by atoms with Crippen molar-refractivity contribution in [2.45, 2.75) is 55.5 Å². The van der Waals surface area contributed by atoms with Crippen LogP contribution in [0.15, 0.2) is 0 Å². The van der Waals surface area contributed by atoms with E-state index < -0.39 is 23.8 Å². The number of hydrogen-bond acceptors (Lipinski definition) is 6. The van der Waals surface area contributed by atoms with Crippen molar-refractivity contribution >= 4 is 35.6 Å². The summed E-state index contributed by atoms with van der Waals surface area (Å²) in [7, 11) is 0. The van der Waals surface area contributed by atoms with Crippen molar-refractivity contribution in [3.05, 3.63) is 0 Å². The van der Waals surface area contributed by atoms with Crippen LogP contribution in [0.4, 0.5) is 4.79 Å². The molecule has 0 bridgehead atoms. The van der Waals surface area contributed by atoms with Crippen molar-refractivity contribution in [1.82, 2.24) is 15.3 Å². The van der Waals surface area contributed by atoms with Gasteiger partial charge in [-0.15, -0.1) is 0 Å². The van der Waals surface area contributed by atoms with Crippen LogP contribution in [0.1, 0.15) is 32.1 Å². The minimum absolute atomic E-state index is 0.0818. The van der Waals surface area contributed by atoms with E-state index in [2.05, 4.69) is 5.32 Å². The van der Waals surface area contributed by atoms with E-state index in [4.69, 9.17) is 5.11 Å². The molecule has 0 aromatic heterocycles. The highest BCUT2D eigenvalue weighted by Crippen LogP contribution is 2.39. The topological polar surface area (TPSA) is 127 Å². The molecule has 24 heavy (non-hydrogen) atoms. The van der Waals surface area contributed by atoms with Crippen LogP contribution in [0.5, 0.6) is 0 Å². The van der Waals surface area contributed by atoms with Gasteiger partial charge in [0.1, 0.15) is 6.04 Å². The van der Waals surface area contributed by atoms with Crippen LogP contribution in [0.3, 0.4) is 0 Å². The number of nitrogens with zero attached hydrogens (tertiary/aromatic N) is 2. The number of hydrogen-bond donors (Lipinski definition) is 3. The van der Waals surface area contributed by atoms with Crippen molar-refractivity contribution in [3.8, 4) is 0 Å². The van der Waals surface area contributed by atoms with Crippen LogP contribution in [0, 0.1) is 0 Å². The minimum atomic E-state index is -0.960. The summed E-state index contributed by atoms with van der Waals surface area (Å²) in [5.41, 5.74) is 0. The van der Waals surface area contributed by atoms with Crippen LogP contribution in [0.2, 0.25) is 0 Å². The molecule has 0 aromatic carbocycles. The second kappa shape index (κ2) is 6.60. The molecule has 4 amide bonds. The van der Waals surface area contributed by atoms with Crippen molar-refractivity contribution < 1.29 is 29.5 Å². The second-order valence-electron chi connectivity index (χ2n) is 6.23. The van der Waals surface area contributed by atoms with Gasteiger partial charge in [-0.3, -0.25) is 19.6 Å². The minimum Gasteiger partial charge on any atom is -0.481 e. The van der Waals surface area contributed by atoms with Crippen molar-refractivity contribution in [3.63, 3.8) is 0 Å². The number of rotatable bonds is 6. The lowest BCUT2D eigenvalue weighted by atomic mass is 10.00. The fraction of sp³-hybridized carbons (Fsp3) is 0.714. The molecule has 4 atom stereocenters. The Kier molecular flexibility index (Phi) is 4.68. The maximum atomic E-state index is 12.3. The van der Waals surface area contributed by atoms with E-state index in [1.807, 2.05) is 0 Å². The number of nitrogens with one attached hydrogen (secondary N) is 1. The Labute approximate surface area is 142 Å². The van der Waals surface area contributed by atoms with Gasteiger partial charge in [0.2, 0.25) is 0 Å². The number of hydroxylamine groups is 2. The zero-order valence-electron chi connectivity index (χ0n) is 12.9. The smallest absolute Gasteiger partial charge is 0.318 e. The number of carboxylic acid groups (broad SMARTS) is 1. The standard InChI is InChI=1S/C14H19N3O6S/c18-10-5-8(13(21)17(10)23)16-12-7(15-14(16)22)6-24-9(12)3-1-2-4-11(19)20/h7-9,12,23H,1-6H2,(H,15,22)(H,19,20)/t7-,8?,9-,12-/m1/s1. The fourth-order valence-electron chi connectivity index (χ4n) is 3.60. The van der Waals surface area contributed by atoms with Gasteiger partial charge in [-0.25, -0.2) is 4.79 Å². The lowest BCUT2D eigenvalue weighted by Gasteiger charge is -2.30. The first-order valence-corrected chi connectivity index (χ1v) is 8.93. The molecule has 0 spiro atoms. The molecule has 3 rings (SSSR count). The average Bonchev–Trinajstić information content (AvgIpc) is 3.12. The normalized spacial score (nSPS) is 32.5. The summed E-state index contributed by atoms with van der Waals surface area (Å²) in [6, 6.07) is -1.66. The van der Waals surface area contributed by atoms with Crippen LogP contribution >= 0.6 is 11.8 Å². The molecule has 9 nitrogen and oxygen atoms in total. The Morgan fingerprint density at radius 1 is 1.29 bits per heavy atom. The monoisotopic (exact) mass is 357 g/mol. The Bertz CT molecular complexity index is 585. The average molecular weight is 357 g/mol. The molecule has 132 valence electrons. The molecular weight excluding hydrogens is 338 g/mol. The predicted octanol–water partition coefficient (Wildman–Crippen LogP) is 0.0259. The summed E-state index contributed by atoms with van der Waals surface area (Å²) >= 11 is 1.68. The fourth-order valence-corrected chi connectivity index (χ4v) is 5.18. The summed E-state index contributed by atoms with van der Waals surface area (Å²) in [6.07, 6.45) is 1.93. The molecule has 0 aliphatic carbocycles. The number of carbonyl (C=O) groups is 4. The van der Waals surface area contributed by atoms with Crippen LogP contribution < -0.4 is 5.32 Å². The number of fused-ring (bicyclic) bond motifs is 1. The number of urea groups is 1. The van der Waals surface area contributed by atoms with Gasteiger partial charge in [-0.1, -0.05) is 6.42 Å². The first kappa shape index (κ1) is 17.0. The summed E-state index contributed by atoms with van der Waals surface area (Å²) in [4.78, 5) is 47.8. The lowest BCUT2D eigenvalue weighted by molar-refractivity contribution is -0.172. The third-order valence-corrected chi connectivity index (χ3v) is 6.20. The molecule has 3 aliphatic rings. The Morgan fingerprint density at radius 3 is 2.67 bits per heavy atom. The van der Waals surface area contributed by atoms with E-state index in [1.165, 1.54) is 4.90 Å². The molecule has 10 heteroatoms. The van der Waals surface area contributed by atoms with Gasteiger partial charge in [0.05, 0.1) is 18.5 Å². The van der Waals surface area contributed by atoms with Gasteiger partial charge < -0.3 is 15.3 Å². The third kappa shape index (κ3) is 2.95. The number of imide groups is 1. The second-order valence-corrected chi connectivity index (χ2v) is 7.50. The number of aliphatic carboxylic acids is 1. The summed E-state index contributed by atoms with van der Waals surface area (Å²) in [6.45, 7) is 0. The number of carbonyl (C=O) groups excluding carboxylic acids is 3. The molecule has 1 unspecified atom stereocenters. The number of thioether (sulfide) groups is 1.